The molecule has 2 aromatic rings. The highest BCUT2D eigenvalue weighted by molar-refractivity contribution is 7.86. The summed E-state index contributed by atoms with van der Waals surface area (Å²) in [5.41, 5.74) is -0.183. The van der Waals surface area contributed by atoms with Crippen LogP contribution in [0.5, 0.6) is 0 Å². The number of amides is 4. The van der Waals surface area contributed by atoms with Gasteiger partial charge in [0.2, 0.25) is 17.3 Å². The predicted octanol–water partition coefficient (Wildman–Crippen LogP) is 3.24. The van der Waals surface area contributed by atoms with Crippen LogP contribution in [-0.4, -0.2) is 70.9 Å². The van der Waals surface area contributed by atoms with Gasteiger partial charge in [-0.15, -0.1) is 0 Å². The number of hydrogen-bond acceptors (Lipinski definition) is 6. The highest BCUT2D eigenvalue weighted by atomic mass is 32.2. The van der Waals surface area contributed by atoms with Gasteiger partial charge in [-0.3, -0.25) is 14.1 Å². The van der Waals surface area contributed by atoms with Crippen LogP contribution in [0, 0.1) is 17.8 Å². The Labute approximate surface area is 265 Å². The summed E-state index contributed by atoms with van der Waals surface area (Å²) in [5.74, 6) is -1.45. The van der Waals surface area contributed by atoms with Gasteiger partial charge in [0.15, 0.2) is 0 Å². The molecule has 2 aliphatic rings. The van der Waals surface area contributed by atoms with Crippen molar-refractivity contribution in [2.24, 2.45) is 17.8 Å². The van der Waals surface area contributed by atoms with Gasteiger partial charge in [-0.05, 0) is 61.5 Å². The molecular formula is C33H46N4O7S. The lowest BCUT2D eigenvalue weighted by atomic mass is 9.93. The number of urea groups is 1. The lowest BCUT2D eigenvalue weighted by Crippen LogP contribution is -2.57. The summed E-state index contributed by atoms with van der Waals surface area (Å²) < 4.78 is 33.4. The third kappa shape index (κ3) is 9.75. The number of hydrogen-bond donors (Lipinski definition) is 5. The second-order valence-corrected chi connectivity index (χ2v) is 14.2. The average Bonchev–Trinajstić information content (AvgIpc) is 3.63. The Hall–Kier alpha value is -3.48. The minimum absolute atomic E-state index is 0.0218. The summed E-state index contributed by atoms with van der Waals surface area (Å²) in [6, 6.07) is 16.8. The number of carbonyl (C=O) groups excluding carboxylic acids is 3. The fraction of sp³-hybridized carbons (Fsp3) is 0.545. The van der Waals surface area contributed by atoms with Crippen molar-refractivity contribution in [2.75, 3.05) is 6.54 Å². The summed E-state index contributed by atoms with van der Waals surface area (Å²) in [6.07, 6.45) is 4.04. The van der Waals surface area contributed by atoms with Gasteiger partial charge in [0, 0.05) is 25.0 Å². The van der Waals surface area contributed by atoms with Crippen LogP contribution in [0.2, 0.25) is 0 Å². The van der Waals surface area contributed by atoms with E-state index in [2.05, 4.69) is 28.1 Å². The summed E-state index contributed by atoms with van der Waals surface area (Å²) in [4.78, 5) is 41.8. The molecule has 1 heterocycles. The third-order valence-corrected chi connectivity index (χ3v) is 9.76. The smallest absolute Gasteiger partial charge is 0.318 e. The molecule has 3 unspecified atom stereocenters. The first-order valence-corrected chi connectivity index (χ1v) is 17.3. The Morgan fingerprint density at radius 2 is 1.62 bits per heavy atom. The van der Waals surface area contributed by atoms with Gasteiger partial charge in [-0.2, -0.15) is 8.42 Å². The number of aliphatic hydroxyl groups excluding tert-OH is 1. The molecule has 0 radical (unpaired) electrons. The van der Waals surface area contributed by atoms with Gasteiger partial charge < -0.3 is 26.0 Å². The Bertz CT molecular complexity index is 1390. The SMILES string of the molecule is CC(C)C[C@H](NC(=O)N(Cc1ccccc1)C1CCCC1Cc1ccccc1)C(=O)N[C@@H](C[C@@H]1CCNC1=O)C(O)S(=O)(=O)O. The van der Waals surface area contributed by atoms with E-state index in [-0.39, 0.29) is 36.6 Å². The first-order chi connectivity index (χ1) is 21.4. The average molecular weight is 643 g/mol. The molecule has 45 heavy (non-hydrogen) atoms. The lowest BCUT2D eigenvalue weighted by molar-refractivity contribution is -0.126. The van der Waals surface area contributed by atoms with Gasteiger partial charge in [0.05, 0.1) is 6.04 Å². The van der Waals surface area contributed by atoms with Crippen molar-refractivity contribution in [2.45, 2.75) is 88.9 Å². The van der Waals surface area contributed by atoms with Crippen LogP contribution in [0.25, 0.3) is 0 Å². The normalized spacial score (nSPS) is 22.0. The highest BCUT2D eigenvalue weighted by Crippen LogP contribution is 2.34. The number of aliphatic hydroxyl groups is 1. The molecule has 0 aromatic heterocycles. The standard InChI is InChI=1S/C33H46N4O7S/c1-22(2)18-27(31(39)35-28(32(40)45(42,43)44)20-26-16-17-34-30(26)38)36-33(41)37(21-24-12-7-4-8-13-24)29-15-9-14-25(29)19-23-10-5-3-6-11-23/h3-8,10-13,22,25-29,32,40H,9,14-21H2,1-2H3,(H,34,38)(H,35,39)(H,36,41)(H,42,43,44)/t25?,26-,27-,28-,29?,32?/m0/s1. The van der Waals surface area contributed by atoms with E-state index in [1.54, 1.807) is 0 Å². The lowest BCUT2D eigenvalue weighted by Gasteiger charge is -2.35. The van der Waals surface area contributed by atoms with Gasteiger partial charge in [0.25, 0.3) is 10.1 Å². The second kappa shape index (κ2) is 15.7. The van der Waals surface area contributed by atoms with E-state index in [0.717, 1.165) is 31.2 Å². The van der Waals surface area contributed by atoms with Crippen molar-refractivity contribution >= 4 is 28.0 Å². The largest absolute Gasteiger partial charge is 0.374 e. The van der Waals surface area contributed by atoms with Crippen LogP contribution in [0.1, 0.15) is 63.5 Å². The number of nitrogens with one attached hydrogen (secondary N) is 3. The molecule has 0 spiro atoms. The molecule has 1 saturated heterocycles. The number of nitrogens with zero attached hydrogens (tertiary/aromatic N) is 1. The molecule has 1 saturated carbocycles. The predicted molar refractivity (Wildman–Crippen MR) is 170 cm³/mol. The maximum Gasteiger partial charge on any atom is 0.318 e. The van der Waals surface area contributed by atoms with E-state index in [0.29, 0.717) is 19.5 Å². The molecule has 5 N–H and O–H groups in total. The van der Waals surface area contributed by atoms with Crippen molar-refractivity contribution < 1.29 is 32.5 Å². The van der Waals surface area contributed by atoms with Crippen molar-refractivity contribution in [1.82, 2.24) is 20.9 Å². The van der Waals surface area contributed by atoms with E-state index in [1.165, 1.54) is 5.56 Å². The van der Waals surface area contributed by atoms with E-state index in [1.807, 2.05) is 67.3 Å². The number of rotatable bonds is 14. The fourth-order valence-corrected chi connectivity index (χ4v) is 7.15. The van der Waals surface area contributed by atoms with Crippen molar-refractivity contribution in [3.8, 4) is 0 Å². The fourth-order valence-electron chi connectivity index (χ4n) is 6.55. The van der Waals surface area contributed by atoms with Crippen LogP contribution in [0.4, 0.5) is 4.79 Å². The molecule has 11 nitrogen and oxygen atoms in total. The minimum atomic E-state index is -4.96. The number of benzene rings is 2. The van der Waals surface area contributed by atoms with Crippen LogP contribution >= 0.6 is 0 Å². The van der Waals surface area contributed by atoms with Gasteiger partial charge in [-0.1, -0.05) is 80.9 Å². The number of carbonyl (C=O) groups is 3. The quantitative estimate of drug-likeness (QED) is 0.197. The Kier molecular flexibility index (Phi) is 12.0. The van der Waals surface area contributed by atoms with E-state index in [4.69, 9.17) is 0 Å². The van der Waals surface area contributed by atoms with Gasteiger partial charge in [0.1, 0.15) is 6.04 Å². The topological polar surface area (TPSA) is 165 Å². The molecule has 2 aromatic carbocycles. The zero-order valence-electron chi connectivity index (χ0n) is 26.0. The maximum atomic E-state index is 14.1. The Morgan fingerprint density at radius 3 is 2.20 bits per heavy atom. The van der Waals surface area contributed by atoms with Crippen LogP contribution in [0.15, 0.2) is 60.7 Å². The molecule has 0 bridgehead atoms. The van der Waals surface area contributed by atoms with Crippen molar-refractivity contribution in [3.05, 3.63) is 71.8 Å². The first kappa shape index (κ1) is 34.4. The van der Waals surface area contributed by atoms with E-state index < -0.39 is 45.5 Å². The summed E-state index contributed by atoms with van der Waals surface area (Å²) in [6.45, 7) is 4.53. The molecule has 4 amide bonds. The van der Waals surface area contributed by atoms with Crippen LogP contribution < -0.4 is 16.0 Å². The summed E-state index contributed by atoms with van der Waals surface area (Å²) in [5, 5.41) is 18.6. The van der Waals surface area contributed by atoms with E-state index in [9.17, 15) is 32.5 Å². The first-order valence-electron chi connectivity index (χ1n) is 15.8. The zero-order chi connectivity index (χ0) is 32.6. The van der Waals surface area contributed by atoms with Gasteiger partial charge >= 0.3 is 6.03 Å². The molecule has 1 aliphatic heterocycles. The zero-order valence-corrected chi connectivity index (χ0v) is 26.8. The monoisotopic (exact) mass is 642 g/mol. The molecule has 12 heteroatoms. The molecule has 2 fully saturated rings. The van der Waals surface area contributed by atoms with Crippen molar-refractivity contribution in [1.29, 1.82) is 0 Å². The maximum absolute atomic E-state index is 14.1. The van der Waals surface area contributed by atoms with Crippen LogP contribution in [0.3, 0.4) is 0 Å². The third-order valence-electron chi connectivity index (χ3n) is 8.82. The highest BCUT2D eigenvalue weighted by Gasteiger charge is 2.39. The molecule has 6 atom stereocenters. The van der Waals surface area contributed by atoms with Crippen LogP contribution in [-0.2, 0) is 32.7 Å². The Balaban J connectivity index is 1.56. The Morgan fingerprint density at radius 1 is 0.978 bits per heavy atom. The van der Waals surface area contributed by atoms with Crippen molar-refractivity contribution in [3.63, 3.8) is 0 Å². The molecular weight excluding hydrogens is 596 g/mol. The summed E-state index contributed by atoms with van der Waals surface area (Å²) in [7, 11) is -4.96. The molecule has 4 rings (SSSR count). The van der Waals surface area contributed by atoms with E-state index >= 15 is 0 Å². The molecule has 1 aliphatic carbocycles. The second-order valence-electron chi connectivity index (χ2n) is 12.7. The molecule has 246 valence electrons. The minimum Gasteiger partial charge on any atom is -0.374 e. The summed E-state index contributed by atoms with van der Waals surface area (Å²) >= 11 is 0. The van der Waals surface area contributed by atoms with Gasteiger partial charge in [-0.25, -0.2) is 4.79 Å².